The summed E-state index contributed by atoms with van der Waals surface area (Å²) in [6, 6.07) is 10.3. The molecule has 0 aliphatic carbocycles. The van der Waals surface area contributed by atoms with Crippen LogP contribution < -0.4 is 15.2 Å². The number of rotatable bonds is 4. The van der Waals surface area contributed by atoms with E-state index in [-0.39, 0.29) is 12.6 Å². The van der Waals surface area contributed by atoms with Crippen LogP contribution in [0.5, 0.6) is 11.5 Å². The summed E-state index contributed by atoms with van der Waals surface area (Å²) in [4.78, 5) is 0.766. The number of fused-ring (bicyclic) bond motifs is 2. The number of ether oxygens (including phenoxy) is 2. The molecule has 0 bridgehead atoms. The zero-order chi connectivity index (χ0) is 18.4. The minimum Gasteiger partial charge on any atom is -0.454 e. The van der Waals surface area contributed by atoms with E-state index < -0.39 is 0 Å². The number of benzene rings is 2. The van der Waals surface area contributed by atoms with E-state index >= 15 is 0 Å². The molecule has 5 rings (SSSR count). The average molecular weight is 400 g/mol. The van der Waals surface area contributed by atoms with Gasteiger partial charge in [0.05, 0.1) is 5.69 Å². The van der Waals surface area contributed by atoms with E-state index in [9.17, 15) is 4.39 Å². The van der Waals surface area contributed by atoms with Gasteiger partial charge in [-0.25, -0.2) is 4.39 Å². The van der Waals surface area contributed by atoms with Crippen molar-refractivity contribution in [3.8, 4) is 22.8 Å². The number of nitrogen functional groups attached to an aromatic ring is 1. The van der Waals surface area contributed by atoms with E-state index in [1.54, 1.807) is 17.8 Å². The van der Waals surface area contributed by atoms with Gasteiger partial charge in [0.15, 0.2) is 16.7 Å². The topological polar surface area (TPSA) is 74.7 Å². The Morgan fingerprint density at radius 2 is 2.04 bits per heavy atom. The van der Waals surface area contributed by atoms with E-state index in [4.69, 9.17) is 15.2 Å². The maximum Gasteiger partial charge on any atom is 0.231 e. The van der Waals surface area contributed by atoms with Crippen LogP contribution in [0.15, 0.2) is 46.9 Å². The molecule has 0 saturated carbocycles. The van der Waals surface area contributed by atoms with Gasteiger partial charge in [0.1, 0.15) is 5.82 Å². The van der Waals surface area contributed by atoms with Gasteiger partial charge in [0, 0.05) is 22.4 Å². The molecule has 4 aromatic rings. The maximum absolute atomic E-state index is 13.4. The van der Waals surface area contributed by atoms with E-state index in [0.717, 1.165) is 38.4 Å². The molecule has 2 aromatic heterocycles. The minimum absolute atomic E-state index is 0.258. The standard InChI is InChI=1S/C18H13FN4O2S2/c19-11-2-3-12(13(20)6-11)14-8-27-18-22-21-17(23(14)18)26-7-10-1-4-15-16(5-10)25-9-24-15/h1-6,8H,7,9,20H2. The molecule has 1 aliphatic rings. The van der Waals surface area contributed by atoms with E-state index in [2.05, 4.69) is 10.2 Å². The largest absolute Gasteiger partial charge is 0.454 e. The Morgan fingerprint density at radius 3 is 2.93 bits per heavy atom. The summed E-state index contributed by atoms with van der Waals surface area (Å²) in [5.74, 6) is 1.87. The molecule has 0 fully saturated rings. The summed E-state index contributed by atoms with van der Waals surface area (Å²) in [5, 5.41) is 11.2. The fourth-order valence-corrected chi connectivity index (χ4v) is 4.70. The van der Waals surface area contributed by atoms with Crippen LogP contribution in [0.4, 0.5) is 10.1 Å². The molecule has 27 heavy (non-hydrogen) atoms. The highest BCUT2D eigenvalue weighted by Crippen LogP contribution is 2.36. The second-order valence-corrected chi connectivity index (χ2v) is 7.71. The van der Waals surface area contributed by atoms with Crippen LogP contribution in [-0.2, 0) is 5.75 Å². The predicted octanol–water partition coefficient (Wildman–Crippen LogP) is 4.20. The monoisotopic (exact) mass is 400 g/mol. The Labute approximate surface area is 161 Å². The smallest absolute Gasteiger partial charge is 0.231 e. The fraction of sp³-hybridized carbons (Fsp3) is 0.111. The first kappa shape index (κ1) is 16.4. The van der Waals surface area contributed by atoms with Gasteiger partial charge in [-0.3, -0.25) is 4.40 Å². The zero-order valence-electron chi connectivity index (χ0n) is 13.9. The Balaban J connectivity index is 1.46. The molecular formula is C18H13FN4O2S2. The van der Waals surface area contributed by atoms with Crippen molar-refractivity contribution in [3.05, 3.63) is 53.2 Å². The van der Waals surface area contributed by atoms with Crippen molar-refractivity contribution in [3.63, 3.8) is 0 Å². The Morgan fingerprint density at radius 1 is 1.15 bits per heavy atom. The number of thiazole rings is 1. The van der Waals surface area contributed by atoms with Gasteiger partial charge in [-0.05, 0) is 35.9 Å². The molecule has 0 spiro atoms. The van der Waals surface area contributed by atoms with Gasteiger partial charge in [-0.2, -0.15) is 0 Å². The fourth-order valence-electron chi connectivity index (χ4n) is 2.92. The molecule has 1 aliphatic heterocycles. The number of nitrogens with zero attached hydrogens (tertiary/aromatic N) is 3. The molecule has 0 atom stereocenters. The normalized spacial score (nSPS) is 12.8. The number of anilines is 1. The van der Waals surface area contributed by atoms with Crippen LogP contribution in [0.3, 0.4) is 0 Å². The summed E-state index contributed by atoms with van der Waals surface area (Å²) >= 11 is 3.03. The van der Waals surface area contributed by atoms with Crippen molar-refractivity contribution in [1.82, 2.24) is 14.6 Å². The lowest BCUT2D eigenvalue weighted by molar-refractivity contribution is 0.174. The Kier molecular flexibility index (Phi) is 3.91. The van der Waals surface area contributed by atoms with Crippen LogP contribution >= 0.6 is 23.1 Å². The van der Waals surface area contributed by atoms with Crippen molar-refractivity contribution in [2.75, 3.05) is 12.5 Å². The van der Waals surface area contributed by atoms with Crippen molar-refractivity contribution in [2.24, 2.45) is 0 Å². The van der Waals surface area contributed by atoms with E-state index in [1.165, 1.54) is 23.5 Å². The Bertz CT molecular complexity index is 1160. The van der Waals surface area contributed by atoms with Crippen LogP contribution in [0.25, 0.3) is 16.2 Å². The number of halogens is 1. The van der Waals surface area contributed by atoms with E-state index in [1.807, 2.05) is 28.0 Å². The van der Waals surface area contributed by atoms with Crippen molar-refractivity contribution >= 4 is 33.7 Å². The molecule has 3 heterocycles. The summed E-state index contributed by atoms with van der Waals surface area (Å²) in [6.45, 7) is 0.258. The number of hydrogen-bond acceptors (Lipinski definition) is 7. The van der Waals surface area contributed by atoms with Crippen LogP contribution in [-0.4, -0.2) is 21.4 Å². The third kappa shape index (κ3) is 2.88. The first-order valence-corrected chi connectivity index (χ1v) is 9.95. The van der Waals surface area contributed by atoms with Crippen LogP contribution in [0.1, 0.15) is 5.56 Å². The average Bonchev–Trinajstić information content (AvgIpc) is 3.36. The predicted molar refractivity (Wildman–Crippen MR) is 103 cm³/mol. The van der Waals surface area contributed by atoms with Crippen molar-refractivity contribution < 1.29 is 13.9 Å². The van der Waals surface area contributed by atoms with Gasteiger partial charge < -0.3 is 15.2 Å². The molecule has 2 aromatic carbocycles. The molecule has 0 radical (unpaired) electrons. The van der Waals surface area contributed by atoms with E-state index in [0.29, 0.717) is 11.4 Å². The SMILES string of the molecule is Nc1cc(F)ccc1-c1csc2nnc(SCc3ccc4c(c3)OCO4)n12. The third-order valence-corrected chi connectivity index (χ3v) is 6.03. The van der Waals surface area contributed by atoms with Crippen molar-refractivity contribution in [1.29, 1.82) is 0 Å². The minimum atomic E-state index is -0.358. The quantitative estimate of drug-likeness (QED) is 0.409. The highest BCUT2D eigenvalue weighted by Gasteiger charge is 2.17. The molecule has 136 valence electrons. The van der Waals surface area contributed by atoms with Gasteiger partial charge in [0.25, 0.3) is 0 Å². The second-order valence-electron chi connectivity index (χ2n) is 5.93. The van der Waals surface area contributed by atoms with Gasteiger partial charge >= 0.3 is 0 Å². The number of aromatic nitrogens is 3. The maximum atomic E-state index is 13.4. The lowest BCUT2D eigenvalue weighted by Gasteiger charge is -2.06. The highest BCUT2D eigenvalue weighted by molar-refractivity contribution is 7.98. The molecule has 9 heteroatoms. The van der Waals surface area contributed by atoms with Crippen LogP contribution in [0.2, 0.25) is 0 Å². The second kappa shape index (κ2) is 6.43. The number of nitrogens with two attached hydrogens (primary N) is 1. The highest BCUT2D eigenvalue weighted by atomic mass is 32.2. The Hall–Kier alpha value is -2.78. The molecule has 2 N–H and O–H groups in total. The molecule has 6 nitrogen and oxygen atoms in total. The third-order valence-electron chi connectivity index (χ3n) is 4.22. The summed E-state index contributed by atoms with van der Waals surface area (Å²) < 4.78 is 26.1. The number of hydrogen-bond donors (Lipinski definition) is 1. The lowest BCUT2D eigenvalue weighted by atomic mass is 10.1. The van der Waals surface area contributed by atoms with Gasteiger partial charge in [-0.15, -0.1) is 21.5 Å². The molecule has 0 amide bonds. The zero-order valence-corrected chi connectivity index (χ0v) is 15.5. The first-order chi connectivity index (χ1) is 13.2. The van der Waals surface area contributed by atoms with Gasteiger partial charge in [0.2, 0.25) is 11.8 Å². The lowest BCUT2D eigenvalue weighted by Crippen LogP contribution is -1.95. The molecule has 0 saturated heterocycles. The summed E-state index contributed by atoms with van der Waals surface area (Å²) in [6.07, 6.45) is 0. The summed E-state index contributed by atoms with van der Waals surface area (Å²) in [5.41, 5.74) is 9.11. The van der Waals surface area contributed by atoms with Crippen molar-refractivity contribution in [2.45, 2.75) is 10.9 Å². The molecule has 0 unspecified atom stereocenters. The number of thioether (sulfide) groups is 1. The first-order valence-electron chi connectivity index (χ1n) is 8.08. The summed E-state index contributed by atoms with van der Waals surface area (Å²) in [7, 11) is 0. The van der Waals surface area contributed by atoms with Crippen LogP contribution in [0, 0.1) is 5.82 Å². The molecular weight excluding hydrogens is 387 g/mol. The van der Waals surface area contributed by atoms with Gasteiger partial charge in [-0.1, -0.05) is 17.8 Å².